The molecule has 1 aromatic heterocycles. The number of hydrogen-bond acceptors (Lipinski definition) is 6. The molecule has 0 bridgehead atoms. The van der Waals surface area contributed by atoms with E-state index in [9.17, 15) is 14.7 Å². The van der Waals surface area contributed by atoms with E-state index in [0.717, 1.165) is 27.5 Å². The molecule has 0 aliphatic rings. The van der Waals surface area contributed by atoms with Crippen molar-refractivity contribution in [2.75, 3.05) is 0 Å². The topological polar surface area (TPSA) is 72.8 Å². The lowest BCUT2D eigenvalue weighted by atomic mass is 9.98. The van der Waals surface area contributed by atoms with Crippen molar-refractivity contribution in [2.45, 2.75) is 27.7 Å². The normalized spacial score (nSPS) is 10.0. The second kappa shape index (κ2) is 13.6. The molecular weight excluding hydrogens is 448 g/mol. The lowest BCUT2D eigenvalue weighted by Crippen LogP contribution is -2.00. The predicted octanol–water partition coefficient (Wildman–Crippen LogP) is 7.58. The summed E-state index contributed by atoms with van der Waals surface area (Å²) in [5, 5.41) is 10.8. The highest BCUT2D eigenvalue weighted by molar-refractivity contribution is 7.21. The van der Waals surface area contributed by atoms with Crippen LogP contribution in [0.5, 0.6) is 11.5 Å². The zero-order valence-corrected chi connectivity index (χ0v) is 20.5. The van der Waals surface area contributed by atoms with E-state index < -0.39 is 0 Å². The van der Waals surface area contributed by atoms with Crippen molar-refractivity contribution in [1.82, 2.24) is 0 Å². The van der Waals surface area contributed by atoms with Crippen molar-refractivity contribution in [1.29, 1.82) is 0 Å². The van der Waals surface area contributed by atoms with Crippen molar-refractivity contribution < 1.29 is 24.2 Å². The molecule has 0 aliphatic carbocycles. The van der Waals surface area contributed by atoms with Crippen LogP contribution in [0.15, 0.2) is 85.3 Å². The van der Waals surface area contributed by atoms with Crippen LogP contribution in [0.2, 0.25) is 0 Å². The van der Waals surface area contributed by atoms with E-state index in [2.05, 4.69) is 4.74 Å². The number of aromatic hydroxyl groups is 1. The van der Waals surface area contributed by atoms with Crippen LogP contribution in [-0.4, -0.2) is 17.4 Å². The van der Waals surface area contributed by atoms with Gasteiger partial charge >= 0.3 is 0 Å². The molecule has 0 amide bonds. The molecule has 34 heavy (non-hydrogen) atoms. The van der Waals surface area contributed by atoms with Gasteiger partial charge in [0.2, 0.25) is 5.78 Å². The Labute approximate surface area is 203 Å². The van der Waals surface area contributed by atoms with Crippen molar-refractivity contribution in [3.8, 4) is 22.6 Å². The van der Waals surface area contributed by atoms with Crippen LogP contribution in [0.25, 0.3) is 21.2 Å². The third-order valence-electron chi connectivity index (χ3n) is 4.45. The minimum absolute atomic E-state index is 0.0689. The number of carbonyl (C=O) groups is 2. The molecule has 4 rings (SSSR count). The SMILES string of the molecule is CC.CC.O=CO/C=C/Oc1ccc(-c2c(C(=O)c3ccccc3)sc3cc(O)ccc23)cc1. The number of ketones is 1. The molecule has 0 unspecified atom stereocenters. The van der Waals surface area contributed by atoms with Gasteiger partial charge in [-0.25, -0.2) is 0 Å². The van der Waals surface area contributed by atoms with Gasteiger partial charge in [0.25, 0.3) is 6.47 Å². The number of thiophene rings is 1. The van der Waals surface area contributed by atoms with E-state index in [-0.39, 0.29) is 11.5 Å². The molecule has 5 nitrogen and oxygen atoms in total. The molecule has 6 heteroatoms. The molecule has 0 saturated carbocycles. The number of fused-ring (bicyclic) bond motifs is 1. The second-order valence-electron chi connectivity index (χ2n) is 6.33. The Balaban J connectivity index is 0.000000970. The second-order valence-corrected chi connectivity index (χ2v) is 7.38. The Hall–Kier alpha value is -3.90. The third-order valence-corrected chi connectivity index (χ3v) is 5.60. The van der Waals surface area contributed by atoms with E-state index in [1.165, 1.54) is 17.6 Å². The molecule has 0 fully saturated rings. The number of phenolic OH excluding ortho intramolecular Hbond substituents is 1. The minimum atomic E-state index is -0.0689. The molecule has 0 aliphatic heterocycles. The third kappa shape index (κ3) is 6.33. The maximum atomic E-state index is 13.2. The molecular formula is C28H28O5S. The highest BCUT2D eigenvalue weighted by Gasteiger charge is 2.21. The standard InChI is InChI=1S/C24H16O5S.2C2H6/c25-15-28-12-13-29-19-9-6-16(7-10-19)22-20-11-8-18(26)14-21(20)30-24(22)23(27)17-4-2-1-3-5-17;2*1-2/h1-15,26H;2*1-2H3/b13-12+;;. The maximum Gasteiger partial charge on any atom is 0.298 e. The summed E-state index contributed by atoms with van der Waals surface area (Å²) in [5.41, 5.74) is 2.27. The van der Waals surface area contributed by atoms with Gasteiger partial charge in [0.15, 0.2) is 0 Å². The van der Waals surface area contributed by atoms with Crippen LogP contribution in [0.4, 0.5) is 0 Å². The fourth-order valence-corrected chi connectivity index (χ4v) is 4.34. The number of carbonyl (C=O) groups excluding carboxylic acids is 2. The predicted molar refractivity (Wildman–Crippen MR) is 138 cm³/mol. The minimum Gasteiger partial charge on any atom is -0.508 e. The van der Waals surface area contributed by atoms with Crippen molar-refractivity contribution >= 4 is 33.7 Å². The summed E-state index contributed by atoms with van der Waals surface area (Å²) in [5.74, 6) is 0.639. The molecule has 1 heterocycles. The van der Waals surface area contributed by atoms with E-state index in [1.807, 2.05) is 64.1 Å². The van der Waals surface area contributed by atoms with Gasteiger partial charge in [-0.15, -0.1) is 11.3 Å². The zero-order chi connectivity index (χ0) is 24.9. The molecule has 0 spiro atoms. The van der Waals surface area contributed by atoms with Crippen LogP contribution in [0, 0.1) is 0 Å². The van der Waals surface area contributed by atoms with E-state index in [4.69, 9.17) is 4.74 Å². The van der Waals surface area contributed by atoms with Gasteiger partial charge < -0.3 is 14.6 Å². The zero-order valence-electron chi connectivity index (χ0n) is 19.6. The van der Waals surface area contributed by atoms with Crippen LogP contribution in [-0.2, 0) is 9.53 Å². The maximum absolute atomic E-state index is 13.2. The lowest BCUT2D eigenvalue weighted by Gasteiger charge is -2.07. The van der Waals surface area contributed by atoms with Crippen LogP contribution >= 0.6 is 11.3 Å². The van der Waals surface area contributed by atoms with Gasteiger partial charge in [0, 0.05) is 21.2 Å². The van der Waals surface area contributed by atoms with Gasteiger partial charge in [-0.05, 0) is 35.9 Å². The van der Waals surface area contributed by atoms with Crippen molar-refractivity contribution in [3.63, 3.8) is 0 Å². The van der Waals surface area contributed by atoms with E-state index >= 15 is 0 Å². The Morgan fingerprint density at radius 2 is 1.56 bits per heavy atom. The lowest BCUT2D eigenvalue weighted by molar-refractivity contribution is -0.123. The van der Waals surface area contributed by atoms with Crippen LogP contribution < -0.4 is 4.74 Å². The number of hydrogen-bond donors (Lipinski definition) is 1. The Bertz CT molecular complexity index is 1230. The summed E-state index contributed by atoms with van der Waals surface area (Å²) in [7, 11) is 0. The average molecular weight is 477 g/mol. The number of rotatable bonds is 7. The smallest absolute Gasteiger partial charge is 0.298 e. The summed E-state index contributed by atoms with van der Waals surface area (Å²) in [6, 6.07) is 21.5. The first-order valence-corrected chi connectivity index (χ1v) is 11.9. The first kappa shape index (κ1) is 26.4. The monoisotopic (exact) mass is 476 g/mol. The Morgan fingerprint density at radius 1 is 0.882 bits per heavy atom. The van der Waals surface area contributed by atoms with Crippen molar-refractivity contribution in [2.24, 2.45) is 0 Å². The molecule has 0 saturated heterocycles. The van der Waals surface area contributed by atoms with Gasteiger partial charge in [-0.3, -0.25) is 9.59 Å². The molecule has 3 aromatic carbocycles. The Morgan fingerprint density at radius 3 is 2.21 bits per heavy atom. The molecule has 1 N–H and O–H groups in total. The van der Waals surface area contributed by atoms with Crippen LogP contribution in [0.1, 0.15) is 42.9 Å². The van der Waals surface area contributed by atoms with Crippen LogP contribution in [0.3, 0.4) is 0 Å². The van der Waals surface area contributed by atoms with Gasteiger partial charge in [0.05, 0.1) is 4.88 Å². The van der Waals surface area contributed by atoms with Gasteiger partial charge in [-0.1, -0.05) is 70.2 Å². The van der Waals surface area contributed by atoms with E-state index in [1.54, 1.807) is 36.4 Å². The van der Waals surface area contributed by atoms with Crippen molar-refractivity contribution in [3.05, 3.63) is 95.8 Å². The average Bonchev–Trinajstić information content (AvgIpc) is 3.28. The number of phenols is 1. The summed E-state index contributed by atoms with van der Waals surface area (Å²) in [6.07, 6.45) is 2.40. The molecule has 176 valence electrons. The summed E-state index contributed by atoms with van der Waals surface area (Å²) in [4.78, 5) is 24.0. The summed E-state index contributed by atoms with van der Waals surface area (Å²) < 4.78 is 10.6. The summed E-state index contributed by atoms with van der Waals surface area (Å²) >= 11 is 1.36. The molecule has 0 atom stereocenters. The summed E-state index contributed by atoms with van der Waals surface area (Å²) in [6.45, 7) is 8.30. The van der Waals surface area contributed by atoms with Gasteiger partial charge in [0.1, 0.15) is 24.0 Å². The first-order valence-electron chi connectivity index (χ1n) is 11.0. The first-order chi connectivity index (χ1) is 16.7. The van der Waals surface area contributed by atoms with Gasteiger partial charge in [-0.2, -0.15) is 0 Å². The number of benzene rings is 3. The fraction of sp³-hybridized carbons (Fsp3) is 0.143. The highest BCUT2D eigenvalue weighted by atomic mass is 32.1. The Kier molecular flexibility index (Phi) is 10.5. The number of ether oxygens (including phenoxy) is 2. The molecule has 0 radical (unpaired) electrons. The molecule has 4 aromatic rings. The quantitative estimate of drug-likeness (QED) is 0.169. The van der Waals surface area contributed by atoms with E-state index in [0.29, 0.717) is 22.7 Å². The highest BCUT2D eigenvalue weighted by Crippen LogP contribution is 2.41. The fourth-order valence-electron chi connectivity index (χ4n) is 3.12. The largest absolute Gasteiger partial charge is 0.508 e.